The number of carbonyl (C=O) groups excluding carboxylic acids is 1. The molecule has 1 fully saturated rings. The lowest BCUT2D eigenvalue weighted by atomic mass is 10.1. The van der Waals surface area contributed by atoms with Gasteiger partial charge in [-0.25, -0.2) is 4.39 Å². The Morgan fingerprint density at radius 3 is 2.81 bits per heavy atom. The fourth-order valence-electron chi connectivity index (χ4n) is 1.97. The van der Waals surface area contributed by atoms with Crippen molar-refractivity contribution >= 4 is 17.5 Å². The highest BCUT2D eigenvalue weighted by molar-refractivity contribution is 6.27. The van der Waals surface area contributed by atoms with E-state index >= 15 is 0 Å². The van der Waals surface area contributed by atoms with Gasteiger partial charge in [0.25, 0.3) is 0 Å². The summed E-state index contributed by atoms with van der Waals surface area (Å²) in [7, 11) is 0. The van der Waals surface area contributed by atoms with Crippen molar-refractivity contribution in [1.29, 1.82) is 0 Å². The average molecular weight is 318 g/mol. The molecule has 0 N–H and O–H groups in total. The minimum atomic E-state index is -0.528. The van der Waals surface area contributed by atoms with Crippen LogP contribution >= 0.6 is 11.6 Å². The first kappa shape index (κ1) is 16.0. The number of ether oxygens (including phenoxy) is 1. The van der Waals surface area contributed by atoms with E-state index in [1.54, 1.807) is 18.2 Å². The Morgan fingerprint density at radius 1 is 1.43 bits per heavy atom. The average Bonchev–Trinajstić information content (AvgIpc) is 3.30. The van der Waals surface area contributed by atoms with E-state index in [1.165, 1.54) is 4.90 Å². The second kappa shape index (κ2) is 7.59. The Kier molecular flexibility index (Phi) is 5.79. The maximum absolute atomic E-state index is 14.3. The molecule has 1 aliphatic carbocycles. The molecular formula is C15H18ClF2NO2. The summed E-state index contributed by atoms with van der Waals surface area (Å²) in [6, 6.07) is 4.86. The first-order valence-electron chi connectivity index (χ1n) is 6.99. The van der Waals surface area contributed by atoms with Gasteiger partial charge in [-0.2, -0.15) is 0 Å². The highest BCUT2D eigenvalue weighted by Gasteiger charge is 2.25. The zero-order valence-corrected chi connectivity index (χ0v) is 12.4. The molecule has 1 amide bonds. The van der Waals surface area contributed by atoms with Gasteiger partial charge in [-0.15, -0.1) is 11.6 Å². The van der Waals surface area contributed by atoms with Crippen LogP contribution in [-0.2, 0) is 11.3 Å². The Hall–Kier alpha value is -1.36. The summed E-state index contributed by atoms with van der Waals surface area (Å²) < 4.78 is 32.1. The van der Waals surface area contributed by atoms with Crippen molar-refractivity contribution in [3.8, 4) is 5.75 Å². The van der Waals surface area contributed by atoms with Crippen molar-refractivity contribution in [2.24, 2.45) is 0 Å². The summed E-state index contributed by atoms with van der Waals surface area (Å²) in [5.74, 6) is -0.791. The van der Waals surface area contributed by atoms with E-state index in [1.807, 2.05) is 0 Å². The second-order valence-corrected chi connectivity index (χ2v) is 5.31. The van der Waals surface area contributed by atoms with Gasteiger partial charge < -0.3 is 9.64 Å². The molecule has 0 unspecified atom stereocenters. The molecule has 0 spiro atoms. The fourth-order valence-corrected chi connectivity index (χ4v) is 2.14. The van der Waals surface area contributed by atoms with Crippen LogP contribution in [0.2, 0.25) is 0 Å². The Bertz CT molecular complexity index is 495. The van der Waals surface area contributed by atoms with Crippen LogP contribution < -0.4 is 4.74 Å². The summed E-state index contributed by atoms with van der Waals surface area (Å²) in [6.45, 7) is -0.242. The monoisotopic (exact) mass is 317 g/mol. The molecule has 3 nitrogen and oxygen atoms in total. The molecule has 116 valence electrons. The van der Waals surface area contributed by atoms with Gasteiger partial charge >= 0.3 is 0 Å². The van der Waals surface area contributed by atoms with Crippen LogP contribution in [-0.4, -0.2) is 36.0 Å². The normalized spacial score (nSPS) is 14.0. The summed E-state index contributed by atoms with van der Waals surface area (Å²) >= 11 is 5.54. The number of benzene rings is 1. The van der Waals surface area contributed by atoms with Gasteiger partial charge in [0, 0.05) is 18.7 Å². The van der Waals surface area contributed by atoms with Crippen LogP contribution in [0.15, 0.2) is 18.2 Å². The predicted molar refractivity (Wildman–Crippen MR) is 76.8 cm³/mol. The highest BCUT2D eigenvalue weighted by Crippen LogP contribution is 2.30. The molecule has 1 aromatic rings. The number of rotatable bonds is 8. The molecule has 6 heteroatoms. The lowest BCUT2D eigenvalue weighted by Gasteiger charge is -2.22. The Labute approximate surface area is 127 Å². The molecule has 0 saturated heterocycles. The molecule has 21 heavy (non-hydrogen) atoms. The second-order valence-electron chi connectivity index (χ2n) is 5.04. The van der Waals surface area contributed by atoms with E-state index in [2.05, 4.69) is 0 Å². The van der Waals surface area contributed by atoms with Crippen molar-refractivity contribution in [3.05, 3.63) is 29.6 Å². The first-order valence-corrected chi connectivity index (χ1v) is 7.53. The third kappa shape index (κ3) is 4.56. The number of halogens is 3. The van der Waals surface area contributed by atoms with Gasteiger partial charge in [0.2, 0.25) is 5.91 Å². The Morgan fingerprint density at radius 2 is 2.19 bits per heavy atom. The predicted octanol–water partition coefficient (Wildman–Crippen LogP) is 3.29. The number of alkyl halides is 2. The van der Waals surface area contributed by atoms with Crippen LogP contribution in [0.5, 0.6) is 5.75 Å². The molecular weight excluding hydrogens is 300 g/mol. The topological polar surface area (TPSA) is 29.5 Å². The van der Waals surface area contributed by atoms with Crippen molar-refractivity contribution < 1.29 is 18.3 Å². The van der Waals surface area contributed by atoms with Crippen LogP contribution in [0, 0.1) is 5.82 Å². The lowest BCUT2D eigenvalue weighted by molar-refractivity contribution is -0.129. The molecule has 0 heterocycles. The van der Waals surface area contributed by atoms with E-state index in [-0.39, 0.29) is 43.2 Å². The van der Waals surface area contributed by atoms with Gasteiger partial charge in [0.05, 0.1) is 12.8 Å². The summed E-state index contributed by atoms with van der Waals surface area (Å²) in [6.07, 6.45) is 2.19. The number of hydrogen-bond donors (Lipinski definition) is 0. The minimum absolute atomic E-state index is 0.0687. The maximum Gasteiger partial charge on any atom is 0.237 e. The van der Waals surface area contributed by atoms with Gasteiger partial charge in [-0.05, 0) is 25.3 Å². The zero-order chi connectivity index (χ0) is 15.2. The molecule has 1 saturated carbocycles. The van der Waals surface area contributed by atoms with Crippen LogP contribution in [0.4, 0.5) is 8.78 Å². The summed E-state index contributed by atoms with van der Waals surface area (Å²) in [4.78, 5) is 13.1. The van der Waals surface area contributed by atoms with Crippen LogP contribution in [0.25, 0.3) is 0 Å². The quantitative estimate of drug-likeness (QED) is 0.689. The van der Waals surface area contributed by atoms with E-state index in [0.29, 0.717) is 5.56 Å². The van der Waals surface area contributed by atoms with Gasteiger partial charge in [0.15, 0.2) is 11.6 Å². The number of carbonyl (C=O) groups is 1. The largest absolute Gasteiger partial charge is 0.487 e. The number of hydrogen-bond acceptors (Lipinski definition) is 2. The molecule has 1 aromatic carbocycles. The zero-order valence-electron chi connectivity index (χ0n) is 11.7. The SMILES string of the molecule is O=C(CCl)N(CCCF)Cc1cccc(OC2CC2)c1F. The van der Waals surface area contributed by atoms with Crippen molar-refractivity contribution in [2.45, 2.75) is 31.9 Å². The number of amides is 1. The van der Waals surface area contributed by atoms with E-state index in [9.17, 15) is 13.6 Å². The van der Waals surface area contributed by atoms with Crippen LogP contribution in [0.3, 0.4) is 0 Å². The molecule has 0 bridgehead atoms. The van der Waals surface area contributed by atoms with Crippen LogP contribution in [0.1, 0.15) is 24.8 Å². The first-order chi connectivity index (χ1) is 10.2. The fraction of sp³-hybridized carbons (Fsp3) is 0.533. The van der Waals surface area contributed by atoms with Gasteiger partial charge in [-0.3, -0.25) is 9.18 Å². The lowest BCUT2D eigenvalue weighted by Crippen LogP contribution is -2.33. The molecule has 0 radical (unpaired) electrons. The van der Waals surface area contributed by atoms with E-state index < -0.39 is 12.5 Å². The smallest absolute Gasteiger partial charge is 0.237 e. The summed E-state index contributed by atoms with van der Waals surface area (Å²) in [5, 5.41) is 0. The standard InChI is InChI=1S/C15H18ClF2NO2/c16-9-14(20)19(8-2-7-17)10-11-3-1-4-13(15(11)18)21-12-5-6-12/h1,3-4,12H,2,5-10H2. The third-order valence-electron chi connectivity index (χ3n) is 3.25. The van der Waals surface area contributed by atoms with Gasteiger partial charge in [-0.1, -0.05) is 12.1 Å². The van der Waals surface area contributed by atoms with Crippen molar-refractivity contribution in [2.75, 3.05) is 19.1 Å². The number of nitrogens with zero attached hydrogens (tertiary/aromatic N) is 1. The molecule has 1 aliphatic rings. The third-order valence-corrected chi connectivity index (χ3v) is 3.48. The van der Waals surface area contributed by atoms with E-state index in [4.69, 9.17) is 16.3 Å². The van der Waals surface area contributed by atoms with Crippen molar-refractivity contribution in [1.82, 2.24) is 4.90 Å². The minimum Gasteiger partial charge on any atom is -0.487 e. The Balaban J connectivity index is 2.09. The molecule has 0 aliphatic heterocycles. The molecule has 2 rings (SSSR count). The van der Waals surface area contributed by atoms with Gasteiger partial charge in [0.1, 0.15) is 5.88 Å². The highest BCUT2D eigenvalue weighted by atomic mass is 35.5. The summed E-state index contributed by atoms with van der Waals surface area (Å²) in [5.41, 5.74) is 0.352. The molecule has 0 aromatic heterocycles. The molecule has 0 atom stereocenters. The maximum atomic E-state index is 14.3. The van der Waals surface area contributed by atoms with Crippen molar-refractivity contribution in [3.63, 3.8) is 0 Å². The van der Waals surface area contributed by atoms with E-state index in [0.717, 1.165) is 12.8 Å².